The molecule has 0 unspecified atom stereocenters. The van der Waals surface area contributed by atoms with Gasteiger partial charge in [0.05, 0.1) is 7.11 Å². The van der Waals surface area contributed by atoms with Crippen molar-refractivity contribution in [3.05, 3.63) is 28.3 Å². The average Bonchev–Trinajstić information content (AvgIpc) is 2.41. The summed E-state index contributed by atoms with van der Waals surface area (Å²) < 4.78 is 5.41. The van der Waals surface area contributed by atoms with E-state index in [1.807, 2.05) is 0 Å². The number of methoxy groups -OCH3 is 1. The molecule has 19 heavy (non-hydrogen) atoms. The van der Waals surface area contributed by atoms with E-state index in [9.17, 15) is 9.90 Å². The minimum Gasteiger partial charge on any atom is -0.550 e. The van der Waals surface area contributed by atoms with Crippen LogP contribution in [0.4, 0.5) is 0 Å². The predicted octanol–water partition coefficient (Wildman–Crippen LogP) is 1.80. The van der Waals surface area contributed by atoms with Gasteiger partial charge in [-0.1, -0.05) is 6.92 Å². The van der Waals surface area contributed by atoms with Crippen LogP contribution in [0, 0.1) is 25.7 Å². The van der Waals surface area contributed by atoms with E-state index in [2.05, 4.69) is 19.9 Å². The summed E-state index contributed by atoms with van der Waals surface area (Å²) >= 11 is 0. The summed E-state index contributed by atoms with van der Waals surface area (Å²) in [5.41, 5.74) is 5.05. The average molecular weight is 261 g/mol. The number of carboxylic acids is 1. The number of hydrogen-bond acceptors (Lipinski definition) is 3. The molecule has 0 saturated carbocycles. The van der Waals surface area contributed by atoms with Crippen molar-refractivity contribution in [2.75, 3.05) is 7.11 Å². The Bertz CT molecular complexity index is 505. The lowest BCUT2D eigenvalue weighted by Crippen LogP contribution is -2.36. The number of ether oxygens (including phenoxy) is 1. The summed E-state index contributed by atoms with van der Waals surface area (Å²) in [6.45, 7) is 5.92. The van der Waals surface area contributed by atoms with E-state index >= 15 is 0 Å². The van der Waals surface area contributed by atoms with Gasteiger partial charge in [0.2, 0.25) is 0 Å². The fourth-order valence-electron chi connectivity index (χ4n) is 3.15. The molecule has 0 radical (unpaired) electrons. The Labute approximate surface area is 114 Å². The van der Waals surface area contributed by atoms with Crippen LogP contribution in [0.2, 0.25) is 0 Å². The van der Waals surface area contributed by atoms with Crippen LogP contribution in [0.25, 0.3) is 0 Å². The number of benzene rings is 1. The van der Waals surface area contributed by atoms with Crippen LogP contribution < -0.4 is 9.84 Å². The molecule has 104 valence electrons. The number of carbonyl (C=O) groups is 1. The van der Waals surface area contributed by atoms with E-state index in [4.69, 9.17) is 4.74 Å². The highest BCUT2D eigenvalue weighted by Crippen LogP contribution is 2.37. The molecular formula is C16H21O3-. The highest BCUT2D eigenvalue weighted by Gasteiger charge is 2.27. The molecule has 3 heteroatoms. The number of carbonyl (C=O) groups excluding carboxylic acids is 1. The van der Waals surface area contributed by atoms with Crippen LogP contribution in [0.1, 0.15) is 35.6 Å². The summed E-state index contributed by atoms with van der Waals surface area (Å²) in [7, 11) is 1.68. The van der Waals surface area contributed by atoms with E-state index in [1.54, 1.807) is 14.0 Å². The predicted molar refractivity (Wildman–Crippen MR) is 72.2 cm³/mol. The van der Waals surface area contributed by atoms with Gasteiger partial charge >= 0.3 is 0 Å². The van der Waals surface area contributed by atoms with Gasteiger partial charge in [-0.15, -0.1) is 0 Å². The molecule has 0 amide bonds. The van der Waals surface area contributed by atoms with Gasteiger partial charge in [0, 0.05) is 5.97 Å². The standard InChI is InChI=1S/C16H22O3/c1-9-7-15(19-4)11(3)14-8-12(5-6-13(9)14)10(2)16(17)18/h7,10,12H,5-6,8H2,1-4H3,(H,17,18)/p-1/t10-,12+/m0/s1. The van der Waals surface area contributed by atoms with Gasteiger partial charge in [-0.05, 0) is 73.3 Å². The van der Waals surface area contributed by atoms with Crippen molar-refractivity contribution >= 4 is 5.97 Å². The fraction of sp³-hybridized carbons (Fsp3) is 0.562. The summed E-state index contributed by atoms with van der Waals surface area (Å²) in [4.78, 5) is 11.0. The van der Waals surface area contributed by atoms with Crippen molar-refractivity contribution in [1.29, 1.82) is 0 Å². The molecule has 0 aromatic heterocycles. The number of carboxylic acid groups (broad SMARTS) is 1. The first-order chi connectivity index (χ1) is 8.95. The van der Waals surface area contributed by atoms with E-state index < -0.39 is 5.97 Å². The zero-order valence-corrected chi connectivity index (χ0v) is 12.1. The molecule has 0 heterocycles. The van der Waals surface area contributed by atoms with Crippen molar-refractivity contribution in [3.63, 3.8) is 0 Å². The molecule has 2 atom stereocenters. The zero-order valence-electron chi connectivity index (χ0n) is 12.1. The molecule has 1 aromatic carbocycles. The third-order valence-electron chi connectivity index (χ3n) is 4.54. The fourth-order valence-corrected chi connectivity index (χ4v) is 3.15. The van der Waals surface area contributed by atoms with Crippen LogP contribution in [0.3, 0.4) is 0 Å². The van der Waals surface area contributed by atoms with Crippen molar-refractivity contribution in [1.82, 2.24) is 0 Å². The van der Waals surface area contributed by atoms with Crippen molar-refractivity contribution in [3.8, 4) is 5.75 Å². The van der Waals surface area contributed by atoms with Crippen molar-refractivity contribution in [2.24, 2.45) is 11.8 Å². The molecule has 1 aliphatic carbocycles. The molecule has 0 aliphatic heterocycles. The van der Waals surface area contributed by atoms with Crippen LogP contribution in [0.5, 0.6) is 5.75 Å². The highest BCUT2D eigenvalue weighted by atomic mass is 16.5. The smallest absolute Gasteiger partial charge is 0.122 e. The summed E-state index contributed by atoms with van der Waals surface area (Å²) in [5.74, 6) is -0.259. The largest absolute Gasteiger partial charge is 0.550 e. The second-order valence-corrected chi connectivity index (χ2v) is 5.59. The molecule has 0 saturated heterocycles. The second kappa shape index (κ2) is 5.24. The molecule has 0 N–H and O–H groups in total. The van der Waals surface area contributed by atoms with Crippen molar-refractivity contribution < 1.29 is 14.6 Å². The molecule has 2 rings (SSSR count). The quantitative estimate of drug-likeness (QED) is 0.833. The van der Waals surface area contributed by atoms with E-state index in [1.165, 1.54) is 16.7 Å². The maximum atomic E-state index is 11.0. The third kappa shape index (κ3) is 2.46. The third-order valence-corrected chi connectivity index (χ3v) is 4.54. The zero-order chi connectivity index (χ0) is 14.2. The minimum absolute atomic E-state index is 0.169. The van der Waals surface area contributed by atoms with Gasteiger partial charge in [0.15, 0.2) is 0 Å². The maximum absolute atomic E-state index is 11.0. The van der Waals surface area contributed by atoms with Crippen LogP contribution >= 0.6 is 0 Å². The summed E-state index contributed by atoms with van der Waals surface area (Å²) in [6.07, 6.45) is 2.69. The molecule has 3 nitrogen and oxygen atoms in total. The Morgan fingerprint density at radius 2 is 2.11 bits per heavy atom. The van der Waals surface area contributed by atoms with Crippen LogP contribution in [-0.4, -0.2) is 13.1 Å². The minimum atomic E-state index is -0.939. The van der Waals surface area contributed by atoms with Crippen molar-refractivity contribution in [2.45, 2.75) is 40.0 Å². The van der Waals surface area contributed by atoms with Gasteiger partial charge in [-0.3, -0.25) is 0 Å². The van der Waals surface area contributed by atoms with Gasteiger partial charge < -0.3 is 14.6 Å². The van der Waals surface area contributed by atoms with Gasteiger partial charge in [-0.2, -0.15) is 0 Å². The topological polar surface area (TPSA) is 49.4 Å². The first kappa shape index (κ1) is 13.9. The SMILES string of the molecule is COc1cc(C)c2c(c1C)C[C@H]([C@H](C)C(=O)[O-])CC2. The van der Waals surface area contributed by atoms with Gasteiger partial charge in [0.1, 0.15) is 5.75 Å². The molecule has 0 fully saturated rings. The maximum Gasteiger partial charge on any atom is 0.122 e. The lowest BCUT2D eigenvalue weighted by atomic mass is 9.75. The first-order valence-corrected chi connectivity index (χ1v) is 6.82. The number of rotatable bonds is 3. The Morgan fingerprint density at radius 1 is 1.42 bits per heavy atom. The number of fused-ring (bicyclic) bond motifs is 1. The van der Waals surface area contributed by atoms with Crippen LogP contribution in [0.15, 0.2) is 6.07 Å². The summed E-state index contributed by atoms with van der Waals surface area (Å²) in [6, 6.07) is 2.08. The molecule has 0 spiro atoms. The number of aliphatic carboxylic acids is 1. The van der Waals surface area contributed by atoms with E-state index in [0.29, 0.717) is 0 Å². The number of aryl methyl sites for hydroxylation is 1. The van der Waals surface area contributed by atoms with E-state index in [0.717, 1.165) is 30.6 Å². The van der Waals surface area contributed by atoms with Gasteiger partial charge in [-0.25, -0.2) is 0 Å². The Balaban J connectivity index is 2.38. The molecule has 0 bridgehead atoms. The summed E-state index contributed by atoms with van der Waals surface area (Å²) in [5, 5.41) is 11.0. The van der Waals surface area contributed by atoms with Gasteiger partial charge in [0.25, 0.3) is 0 Å². The molecular weight excluding hydrogens is 240 g/mol. The van der Waals surface area contributed by atoms with Crippen LogP contribution in [-0.2, 0) is 17.6 Å². The second-order valence-electron chi connectivity index (χ2n) is 5.59. The Morgan fingerprint density at radius 3 is 2.68 bits per heavy atom. The lowest BCUT2D eigenvalue weighted by molar-refractivity contribution is -0.312. The normalized spacial score (nSPS) is 19.7. The monoisotopic (exact) mass is 261 g/mol. The number of hydrogen-bond donors (Lipinski definition) is 0. The molecule has 1 aromatic rings. The first-order valence-electron chi connectivity index (χ1n) is 6.82. The van der Waals surface area contributed by atoms with E-state index in [-0.39, 0.29) is 11.8 Å². The highest BCUT2D eigenvalue weighted by molar-refractivity contribution is 5.67. The molecule has 1 aliphatic rings. The Kier molecular flexibility index (Phi) is 3.83. The Hall–Kier alpha value is -1.51. The lowest BCUT2D eigenvalue weighted by Gasteiger charge is -2.32.